The van der Waals surface area contributed by atoms with Gasteiger partial charge in [0.05, 0.1) is 6.10 Å². The highest BCUT2D eigenvalue weighted by molar-refractivity contribution is 7.88. The molecule has 3 nitrogen and oxygen atoms in total. The maximum Gasteiger partial charge on any atom is 0.273 e. The molecule has 0 spiro atoms. The Labute approximate surface area is 110 Å². The van der Waals surface area contributed by atoms with Crippen LogP contribution in [0.3, 0.4) is 0 Å². The lowest BCUT2D eigenvalue weighted by Gasteiger charge is -2.48. The number of hydrogen-bond donors (Lipinski definition) is 0. The molecule has 18 heavy (non-hydrogen) atoms. The van der Waals surface area contributed by atoms with E-state index < -0.39 is 14.9 Å². The van der Waals surface area contributed by atoms with E-state index in [1.54, 1.807) is 0 Å². The summed E-state index contributed by atoms with van der Waals surface area (Å²) >= 11 is 0. The minimum atomic E-state index is -3.37. The van der Waals surface area contributed by atoms with E-state index in [9.17, 15) is 8.42 Å². The third kappa shape index (κ3) is 1.09. The van der Waals surface area contributed by atoms with E-state index >= 15 is 0 Å². The molecule has 3 rings (SSSR count). The molecule has 1 saturated heterocycles. The second-order valence-electron chi connectivity index (χ2n) is 7.34. The molecule has 2 saturated carbocycles. The van der Waals surface area contributed by atoms with Crippen molar-refractivity contribution in [1.82, 2.24) is 0 Å². The molecular weight excluding hydrogens is 248 g/mol. The lowest BCUT2D eigenvalue weighted by atomic mass is 9.57. The van der Waals surface area contributed by atoms with E-state index in [0.717, 1.165) is 12.8 Å². The molecule has 4 unspecified atom stereocenters. The number of hydrogen-bond acceptors (Lipinski definition) is 3. The molecule has 104 valence electrons. The van der Waals surface area contributed by atoms with E-state index in [4.69, 9.17) is 4.18 Å². The molecule has 0 radical (unpaired) electrons. The number of fused-ring (bicyclic) bond motifs is 1. The van der Waals surface area contributed by atoms with Crippen molar-refractivity contribution in [1.29, 1.82) is 0 Å². The molecule has 3 fully saturated rings. The normalized spacial score (nSPS) is 47.4. The van der Waals surface area contributed by atoms with Crippen LogP contribution in [-0.4, -0.2) is 19.3 Å². The highest BCUT2D eigenvalue weighted by atomic mass is 32.2. The van der Waals surface area contributed by atoms with Crippen LogP contribution in [0.25, 0.3) is 0 Å². The molecule has 0 amide bonds. The van der Waals surface area contributed by atoms with Gasteiger partial charge in [0.15, 0.2) is 0 Å². The summed E-state index contributed by atoms with van der Waals surface area (Å²) < 4.78 is 29.7. The zero-order valence-corrected chi connectivity index (χ0v) is 12.8. The van der Waals surface area contributed by atoms with E-state index in [2.05, 4.69) is 27.7 Å². The fourth-order valence-corrected chi connectivity index (χ4v) is 7.43. The van der Waals surface area contributed by atoms with Crippen molar-refractivity contribution < 1.29 is 12.6 Å². The maximum atomic E-state index is 12.3. The molecule has 2 bridgehead atoms. The van der Waals surface area contributed by atoms with Crippen LogP contribution in [0, 0.1) is 29.1 Å². The van der Waals surface area contributed by atoms with Crippen LogP contribution in [0.4, 0.5) is 0 Å². The van der Waals surface area contributed by atoms with Crippen LogP contribution in [0.2, 0.25) is 0 Å². The molecule has 2 aliphatic carbocycles. The van der Waals surface area contributed by atoms with Crippen molar-refractivity contribution in [2.24, 2.45) is 29.1 Å². The third-order valence-corrected chi connectivity index (χ3v) is 8.41. The first kappa shape index (κ1) is 12.9. The fraction of sp³-hybridized carbons (Fsp3) is 1.00. The Kier molecular flexibility index (Phi) is 2.38. The van der Waals surface area contributed by atoms with E-state index in [0.29, 0.717) is 17.8 Å². The predicted molar refractivity (Wildman–Crippen MR) is 70.5 cm³/mol. The summed E-state index contributed by atoms with van der Waals surface area (Å²) in [4.78, 5) is 0. The second kappa shape index (κ2) is 3.32. The molecule has 4 atom stereocenters. The van der Waals surface area contributed by atoms with Gasteiger partial charge in [-0.2, -0.15) is 8.42 Å². The van der Waals surface area contributed by atoms with Gasteiger partial charge < -0.3 is 0 Å². The summed E-state index contributed by atoms with van der Waals surface area (Å²) in [5.74, 6) is 1.66. The van der Waals surface area contributed by atoms with Gasteiger partial charge in [-0.3, -0.25) is 4.18 Å². The van der Waals surface area contributed by atoms with Crippen LogP contribution in [0.15, 0.2) is 0 Å². The monoisotopic (exact) mass is 272 g/mol. The Bertz CT molecular complexity index is 471. The van der Waals surface area contributed by atoms with Gasteiger partial charge in [-0.1, -0.05) is 27.7 Å². The van der Waals surface area contributed by atoms with Crippen molar-refractivity contribution in [2.75, 3.05) is 0 Å². The van der Waals surface area contributed by atoms with E-state index in [1.807, 2.05) is 6.92 Å². The van der Waals surface area contributed by atoms with Crippen molar-refractivity contribution in [3.63, 3.8) is 0 Å². The quantitative estimate of drug-likeness (QED) is 0.726. The van der Waals surface area contributed by atoms with Crippen molar-refractivity contribution in [3.05, 3.63) is 0 Å². The molecule has 1 aliphatic heterocycles. The Balaban J connectivity index is 2.16. The first-order valence-electron chi connectivity index (χ1n) is 7.10. The molecule has 3 aliphatic rings. The zero-order chi connectivity index (χ0) is 13.5. The first-order valence-corrected chi connectivity index (χ1v) is 8.51. The molecular formula is C14H24O3S. The smallest absolute Gasteiger partial charge is 0.265 e. The molecule has 1 heterocycles. The molecule has 0 aromatic heterocycles. The van der Waals surface area contributed by atoms with Gasteiger partial charge in [0, 0.05) is 11.3 Å². The Morgan fingerprint density at radius 3 is 2.22 bits per heavy atom. The van der Waals surface area contributed by atoms with Gasteiger partial charge in [-0.05, 0) is 37.5 Å². The lowest BCUT2D eigenvalue weighted by Crippen LogP contribution is -2.51. The molecule has 0 aromatic carbocycles. The molecule has 0 aromatic rings. The van der Waals surface area contributed by atoms with Crippen LogP contribution >= 0.6 is 0 Å². The summed E-state index contributed by atoms with van der Waals surface area (Å²) in [5, 5.41) is 0. The Hall–Kier alpha value is -0.0900. The lowest BCUT2D eigenvalue weighted by molar-refractivity contribution is -0.0540. The SMILES string of the molecule is CC(C)C1(C(C)C)C2CC3C1OS(=O)(=O)C3(C)C2. The molecule has 0 N–H and O–H groups in total. The Morgan fingerprint density at radius 1 is 1.17 bits per heavy atom. The summed E-state index contributed by atoms with van der Waals surface area (Å²) in [6.45, 7) is 10.8. The van der Waals surface area contributed by atoms with Crippen LogP contribution < -0.4 is 0 Å². The van der Waals surface area contributed by atoms with Gasteiger partial charge in [0.1, 0.15) is 4.75 Å². The van der Waals surface area contributed by atoms with Gasteiger partial charge in [-0.25, -0.2) is 0 Å². The van der Waals surface area contributed by atoms with Gasteiger partial charge in [0.2, 0.25) is 0 Å². The number of rotatable bonds is 2. The van der Waals surface area contributed by atoms with Gasteiger partial charge in [0.25, 0.3) is 10.1 Å². The third-order valence-electron chi connectivity index (χ3n) is 6.34. The topological polar surface area (TPSA) is 43.4 Å². The predicted octanol–water partition coefficient (Wildman–Crippen LogP) is 2.81. The van der Waals surface area contributed by atoms with Crippen molar-refractivity contribution >= 4 is 10.1 Å². The van der Waals surface area contributed by atoms with Gasteiger partial charge in [-0.15, -0.1) is 0 Å². The standard InChI is InChI=1S/C14H24O3S/c1-8(2)14(9(3)4)10-6-11-12(14)17-18(15,16)13(11,5)7-10/h8-12H,6-7H2,1-5H3. The fourth-order valence-electron chi connectivity index (χ4n) is 5.64. The highest BCUT2D eigenvalue weighted by Crippen LogP contribution is 2.71. The van der Waals surface area contributed by atoms with Crippen LogP contribution in [-0.2, 0) is 14.3 Å². The summed E-state index contributed by atoms with van der Waals surface area (Å²) in [7, 11) is -3.37. The van der Waals surface area contributed by atoms with Gasteiger partial charge >= 0.3 is 0 Å². The van der Waals surface area contributed by atoms with Crippen molar-refractivity contribution in [3.8, 4) is 0 Å². The van der Waals surface area contributed by atoms with E-state index in [1.165, 1.54) is 0 Å². The minimum absolute atomic E-state index is 0.0494. The molecule has 4 heteroatoms. The zero-order valence-electron chi connectivity index (χ0n) is 11.9. The first-order chi connectivity index (χ1) is 8.18. The minimum Gasteiger partial charge on any atom is -0.265 e. The summed E-state index contributed by atoms with van der Waals surface area (Å²) in [6, 6.07) is 0. The second-order valence-corrected chi connectivity index (χ2v) is 9.37. The van der Waals surface area contributed by atoms with E-state index in [-0.39, 0.29) is 17.4 Å². The van der Waals surface area contributed by atoms with Crippen LogP contribution in [0.5, 0.6) is 0 Å². The summed E-state index contributed by atoms with van der Waals surface area (Å²) in [5.41, 5.74) is 0.0494. The largest absolute Gasteiger partial charge is 0.273 e. The maximum absolute atomic E-state index is 12.3. The summed E-state index contributed by atoms with van der Waals surface area (Å²) in [6.07, 6.45) is 1.76. The average molecular weight is 272 g/mol. The Morgan fingerprint density at radius 2 is 1.72 bits per heavy atom. The van der Waals surface area contributed by atoms with Crippen molar-refractivity contribution in [2.45, 2.75) is 58.3 Å². The van der Waals surface area contributed by atoms with Crippen LogP contribution in [0.1, 0.15) is 47.5 Å². The average Bonchev–Trinajstić information content (AvgIpc) is 2.73. The highest BCUT2D eigenvalue weighted by Gasteiger charge is 2.76.